The Morgan fingerprint density at radius 2 is 2.00 bits per heavy atom. The topological polar surface area (TPSA) is 50.9 Å². The van der Waals surface area contributed by atoms with Gasteiger partial charge in [0.1, 0.15) is 5.82 Å². The van der Waals surface area contributed by atoms with Crippen LogP contribution in [0.1, 0.15) is 5.56 Å². The zero-order valence-corrected chi connectivity index (χ0v) is 10.7. The predicted octanol–water partition coefficient (Wildman–Crippen LogP) is 4.02. The number of benzene rings is 1. The van der Waals surface area contributed by atoms with Crippen molar-refractivity contribution in [3.05, 3.63) is 46.1 Å². The third-order valence-corrected chi connectivity index (χ3v) is 3.14. The van der Waals surface area contributed by atoms with Gasteiger partial charge >= 0.3 is 0 Å². The Bertz CT molecular complexity index is 555. The average molecular weight is 268 g/mol. The Hall–Kier alpha value is -1.45. The fourth-order valence-corrected chi connectivity index (χ4v) is 1.91. The molecule has 0 aliphatic heterocycles. The zero-order chi connectivity index (χ0) is 12.4. The second kappa shape index (κ2) is 4.82. The molecule has 17 heavy (non-hydrogen) atoms. The van der Waals surface area contributed by atoms with Gasteiger partial charge in [0.2, 0.25) is 0 Å². The molecule has 0 saturated carbocycles. The molecule has 0 radical (unpaired) electrons. The lowest BCUT2D eigenvalue weighted by molar-refractivity contribution is 1.33. The summed E-state index contributed by atoms with van der Waals surface area (Å²) in [5.74, 6) is 0.440. The molecule has 1 aromatic carbocycles. The first-order valence-corrected chi connectivity index (χ1v) is 5.76. The lowest BCUT2D eigenvalue weighted by atomic mass is 10.2. The summed E-state index contributed by atoms with van der Waals surface area (Å²) >= 11 is 12.3. The summed E-state index contributed by atoms with van der Waals surface area (Å²) in [4.78, 5) is 3.92. The van der Waals surface area contributed by atoms with E-state index >= 15 is 0 Å². The van der Waals surface area contributed by atoms with E-state index in [0.29, 0.717) is 21.6 Å². The van der Waals surface area contributed by atoms with Crippen LogP contribution in [0.15, 0.2) is 30.5 Å². The number of rotatable bonds is 2. The molecule has 0 aliphatic rings. The van der Waals surface area contributed by atoms with Gasteiger partial charge in [-0.15, -0.1) is 0 Å². The summed E-state index contributed by atoms with van der Waals surface area (Å²) in [6.45, 7) is 1.92. The first-order chi connectivity index (χ1) is 8.08. The molecule has 3 N–H and O–H groups in total. The highest BCUT2D eigenvalue weighted by Crippen LogP contribution is 2.35. The van der Waals surface area contributed by atoms with Gasteiger partial charge in [-0.05, 0) is 24.6 Å². The second-order valence-corrected chi connectivity index (χ2v) is 4.43. The van der Waals surface area contributed by atoms with E-state index in [0.717, 1.165) is 11.3 Å². The molecule has 0 bridgehead atoms. The first kappa shape index (κ1) is 12.0. The lowest BCUT2D eigenvalue weighted by Crippen LogP contribution is -1.96. The number of aryl methyl sites for hydroxylation is 1. The molecule has 88 valence electrons. The van der Waals surface area contributed by atoms with E-state index in [2.05, 4.69) is 10.3 Å². The summed E-state index contributed by atoms with van der Waals surface area (Å²) in [6, 6.07) is 7.19. The van der Waals surface area contributed by atoms with E-state index in [1.165, 1.54) is 0 Å². The van der Waals surface area contributed by atoms with Crippen LogP contribution in [0.4, 0.5) is 17.2 Å². The minimum Gasteiger partial charge on any atom is -0.384 e. The van der Waals surface area contributed by atoms with Crippen molar-refractivity contribution in [2.45, 2.75) is 6.92 Å². The number of hydrogen-bond donors (Lipinski definition) is 2. The van der Waals surface area contributed by atoms with Gasteiger partial charge in [0, 0.05) is 18.0 Å². The van der Waals surface area contributed by atoms with E-state index in [1.54, 1.807) is 24.4 Å². The average Bonchev–Trinajstić information content (AvgIpc) is 2.30. The highest BCUT2D eigenvalue weighted by atomic mass is 35.5. The van der Waals surface area contributed by atoms with Crippen molar-refractivity contribution in [1.82, 2.24) is 4.98 Å². The number of nitrogen functional groups attached to an aromatic ring is 1. The summed E-state index contributed by atoms with van der Waals surface area (Å²) in [5.41, 5.74) is 8.04. The van der Waals surface area contributed by atoms with Crippen LogP contribution in [0.25, 0.3) is 0 Å². The minimum atomic E-state index is 0.440. The predicted molar refractivity (Wildman–Crippen MR) is 73.1 cm³/mol. The molecule has 0 aliphatic carbocycles. The molecule has 0 amide bonds. The summed E-state index contributed by atoms with van der Waals surface area (Å²) in [7, 11) is 0. The van der Waals surface area contributed by atoms with E-state index in [4.69, 9.17) is 28.9 Å². The third kappa shape index (κ3) is 2.62. The van der Waals surface area contributed by atoms with Crippen molar-refractivity contribution >= 4 is 40.4 Å². The van der Waals surface area contributed by atoms with Crippen LogP contribution in [0.3, 0.4) is 0 Å². The van der Waals surface area contributed by atoms with E-state index < -0.39 is 0 Å². The van der Waals surface area contributed by atoms with Crippen LogP contribution >= 0.6 is 23.2 Å². The van der Waals surface area contributed by atoms with Crippen LogP contribution in [0.2, 0.25) is 10.0 Å². The zero-order valence-electron chi connectivity index (χ0n) is 9.17. The Morgan fingerprint density at radius 3 is 2.71 bits per heavy atom. The molecular weight excluding hydrogens is 257 g/mol. The Labute approximate surface area is 110 Å². The normalized spacial score (nSPS) is 10.3. The SMILES string of the molecule is Cc1ccc(Cl)c(Nc2ccnc(N)c2)c1Cl. The number of anilines is 3. The smallest absolute Gasteiger partial charge is 0.125 e. The molecule has 1 aromatic heterocycles. The summed E-state index contributed by atoms with van der Waals surface area (Å²) in [5, 5.41) is 4.31. The number of nitrogens with zero attached hydrogens (tertiary/aromatic N) is 1. The lowest BCUT2D eigenvalue weighted by Gasteiger charge is -2.12. The van der Waals surface area contributed by atoms with Gasteiger partial charge in [-0.25, -0.2) is 4.98 Å². The number of nitrogens with one attached hydrogen (secondary N) is 1. The van der Waals surface area contributed by atoms with Crippen LogP contribution in [-0.2, 0) is 0 Å². The maximum atomic E-state index is 6.19. The van der Waals surface area contributed by atoms with Crippen molar-refractivity contribution in [2.24, 2.45) is 0 Å². The highest BCUT2D eigenvalue weighted by Gasteiger charge is 2.08. The maximum absolute atomic E-state index is 6.19. The first-order valence-electron chi connectivity index (χ1n) is 5.01. The van der Waals surface area contributed by atoms with Crippen LogP contribution in [-0.4, -0.2) is 4.98 Å². The fraction of sp³-hybridized carbons (Fsp3) is 0.0833. The molecule has 1 heterocycles. The quantitative estimate of drug-likeness (QED) is 0.864. The largest absolute Gasteiger partial charge is 0.384 e. The Balaban J connectivity index is 2.39. The Morgan fingerprint density at radius 1 is 1.24 bits per heavy atom. The molecule has 0 atom stereocenters. The van der Waals surface area contributed by atoms with Gasteiger partial charge in [-0.1, -0.05) is 29.3 Å². The summed E-state index contributed by atoms with van der Waals surface area (Å²) in [6.07, 6.45) is 1.62. The van der Waals surface area contributed by atoms with Gasteiger partial charge in [0.05, 0.1) is 15.7 Å². The van der Waals surface area contributed by atoms with Crippen LogP contribution in [0, 0.1) is 6.92 Å². The van der Waals surface area contributed by atoms with Crippen LogP contribution in [0.5, 0.6) is 0 Å². The van der Waals surface area contributed by atoms with E-state index in [9.17, 15) is 0 Å². The van der Waals surface area contributed by atoms with Crippen molar-refractivity contribution in [1.29, 1.82) is 0 Å². The molecule has 0 saturated heterocycles. The van der Waals surface area contributed by atoms with E-state index in [-0.39, 0.29) is 0 Å². The van der Waals surface area contributed by atoms with E-state index in [1.807, 2.05) is 13.0 Å². The maximum Gasteiger partial charge on any atom is 0.125 e. The highest BCUT2D eigenvalue weighted by molar-refractivity contribution is 6.39. The standard InChI is InChI=1S/C12H11Cl2N3/c1-7-2-3-9(13)12(11(7)14)17-8-4-5-16-10(15)6-8/h2-6H,1H3,(H3,15,16,17). The van der Waals surface area contributed by atoms with Gasteiger partial charge in [-0.3, -0.25) is 0 Å². The summed E-state index contributed by atoms with van der Waals surface area (Å²) < 4.78 is 0. The third-order valence-electron chi connectivity index (χ3n) is 2.33. The van der Waals surface area contributed by atoms with Crippen molar-refractivity contribution < 1.29 is 0 Å². The number of nitrogens with two attached hydrogens (primary N) is 1. The number of pyridine rings is 1. The molecule has 2 aromatic rings. The van der Waals surface area contributed by atoms with Gasteiger partial charge in [0.15, 0.2) is 0 Å². The number of aromatic nitrogens is 1. The fourth-order valence-electron chi connectivity index (χ4n) is 1.44. The Kier molecular flexibility index (Phi) is 3.41. The van der Waals surface area contributed by atoms with Crippen molar-refractivity contribution in [3.63, 3.8) is 0 Å². The molecule has 0 unspecified atom stereocenters. The van der Waals surface area contributed by atoms with Gasteiger partial charge in [0.25, 0.3) is 0 Å². The molecule has 0 spiro atoms. The molecule has 3 nitrogen and oxygen atoms in total. The minimum absolute atomic E-state index is 0.440. The molecular formula is C12H11Cl2N3. The van der Waals surface area contributed by atoms with Gasteiger partial charge in [-0.2, -0.15) is 0 Å². The second-order valence-electron chi connectivity index (χ2n) is 3.65. The number of hydrogen-bond acceptors (Lipinski definition) is 3. The molecule has 5 heteroatoms. The monoisotopic (exact) mass is 267 g/mol. The van der Waals surface area contributed by atoms with Crippen molar-refractivity contribution in [3.8, 4) is 0 Å². The van der Waals surface area contributed by atoms with Crippen molar-refractivity contribution in [2.75, 3.05) is 11.1 Å². The molecule has 2 rings (SSSR count). The number of halogens is 2. The van der Waals surface area contributed by atoms with Crippen LogP contribution < -0.4 is 11.1 Å². The van der Waals surface area contributed by atoms with Gasteiger partial charge < -0.3 is 11.1 Å². The molecule has 0 fully saturated rings.